The molecule has 0 bridgehead atoms. The third-order valence-corrected chi connectivity index (χ3v) is 5.71. The number of benzene rings is 2. The zero-order valence-electron chi connectivity index (χ0n) is 18.0. The molecule has 1 fully saturated rings. The van der Waals surface area contributed by atoms with Crippen LogP contribution >= 0.6 is 0 Å². The molecular formula is C23H27N3O6. The van der Waals surface area contributed by atoms with Gasteiger partial charge in [-0.1, -0.05) is 12.1 Å². The Bertz CT molecular complexity index is 974. The van der Waals surface area contributed by atoms with Gasteiger partial charge in [0.2, 0.25) is 12.7 Å². The van der Waals surface area contributed by atoms with E-state index in [4.69, 9.17) is 14.2 Å². The maximum Gasteiger partial charge on any atom is 0.308 e. The van der Waals surface area contributed by atoms with Gasteiger partial charge in [-0.3, -0.25) is 14.5 Å². The van der Waals surface area contributed by atoms with Crippen LogP contribution in [-0.2, 0) is 9.59 Å². The summed E-state index contributed by atoms with van der Waals surface area (Å²) in [6.07, 6.45) is -0.101. The van der Waals surface area contributed by atoms with Gasteiger partial charge in [-0.05, 0) is 24.3 Å². The number of carboxylic acids is 1. The van der Waals surface area contributed by atoms with Gasteiger partial charge in [0.25, 0.3) is 0 Å². The van der Waals surface area contributed by atoms with E-state index in [1.807, 2.05) is 24.3 Å². The topological polar surface area (TPSA) is 101 Å². The minimum Gasteiger partial charge on any atom is -0.495 e. The Hall–Kier alpha value is -3.46. The van der Waals surface area contributed by atoms with Gasteiger partial charge >= 0.3 is 5.97 Å². The molecule has 2 aliphatic rings. The molecule has 4 rings (SSSR count). The van der Waals surface area contributed by atoms with Gasteiger partial charge in [0, 0.05) is 50.9 Å². The molecule has 170 valence electrons. The number of carbonyl (C=O) groups excluding carboxylic acids is 1. The van der Waals surface area contributed by atoms with Crippen molar-refractivity contribution in [3.8, 4) is 17.2 Å². The van der Waals surface area contributed by atoms with E-state index in [-0.39, 0.29) is 19.1 Å². The van der Waals surface area contributed by atoms with E-state index in [0.29, 0.717) is 36.8 Å². The van der Waals surface area contributed by atoms with Crippen LogP contribution in [-0.4, -0.2) is 68.5 Å². The number of aliphatic carboxylic acids is 1. The fourth-order valence-electron chi connectivity index (χ4n) is 4.01. The number of hydrogen-bond acceptors (Lipinski definition) is 7. The summed E-state index contributed by atoms with van der Waals surface area (Å²) in [6, 6.07) is 13.0. The molecule has 2 aromatic carbocycles. The maximum atomic E-state index is 12.5. The predicted octanol–water partition coefficient (Wildman–Crippen LogP) is 2.28. The van der Waals surface area contributed by atoms with Crippen LogP contribution in [0.15, 0.2) is 42.5 Å². The lowest BCUT2D eigenvalue weighted by Gasteiger charge is -2.37. The molecule has 0 spiro atoms. The van der Waals surface area contributed by atoms with Gasteiger partial charge in [-0.15, -0.1) is 0 Å². The first-order valence-electron chi connectivity index (χ1n) is 10.6. The van der Waals surface area contributed by atoms with Crippen LogP contribution in [0, 0.1) is 5.92 Å². The van der Waals surface area contributed by atoms with Crippen LogP contribution in [0.2, 0.25) is 0 Å². The number of carboxylic acid groups (broad SMARTS) is 1. The van der Waals surface area contributed by atoms with Crippen molar-refractivity contribution in [2.75, 3.05) is 56.8 Å². The number of para-hydroxylation sites is 2. The van der Waals surface area contributed by atoms with Crippen LogP contribution in [0.25, 0.3) is 0 Å². The molecular weight excluding hydrogens is 414 g/mol. The summed E-state index contributed by atoms with van der Waals surface area (Å²) in [6.45, 7) is 3.42. The number of ether oxygens (including phenoxy) is 3. The number of fused-ring (bicyclic) bond motifs is 1. The minimum absolute atomic E-state index is 0.101. The van der Waals surface area contributed by atoms with E-state index in [0.717, 1.165) is 24.5 Å². The molecule has 0 radical (unpaired) electrons. The van der Waals surface area contributed by atoms with E-state index < -0.39 is 11.9 Å². The second kappa shape index (κ2) is 9.78. The summed E-state index contributed by atoms with van der Waals surface area (Å²) in [5.74, 6) is -0.0996. The predicted molar refractivity (Wildman–Crippen MR) is 119 cm³/mol. The number of piperazine rings is 1. The van der Waals surface area contributed by atoms with Gasteiger partial charge in [0.15, 0.2) is 11.5 Å². The normalized spacial score (nSPS) is 16.5. The quantitative estimate of drug-likeness (QED) is 0.644. The third kappa shape index (κ3) is 5.05. The van der Waals surface area contributed by atoms with E-state index in [1.54, 1.807) is 25.3 Å². The Balaban J connectivity index is 1.30. The Morgan fingerprint density at radius 3 is 2.59 bits per heavy atom. The van der Waals surface area contributed by atoms with Crippen molar-refractivity contribution in [3.63, 3.8) is 0 Å². The fourth-order valence-corrected chi connectivity index (χ4v) is 4.01. The molecule has 0 saturated carbocycles. The van der Waals surface area contributed by atoms with E-state index in [1.165, 1.54) is 0 Å². The zero-order valence-corrected chi connectivity index (χ0v) is 18.0. The van der Waals surface area contributed by atoms with Gasteiger partial charge in [0.1, 0.15) is 5.75 Å². The van der Waals surface area contributed by atoms with Gasteiger partial charge in [-0.25, -0.2) is 0 Å². The Morgan fingerprint density at radius 1 is 1.09 bits per heavy atom. The monoisotopic (exact) mass is 441 g/mol. The summed E-state index contributed by atoms with van der Waals surface area (Å²) in [5.41, 5.74) is 1.58. The molecule has 1 saturated heterocycles. The van der Waals surface area contributed by atoms with Crippen molar-refractivity contribution in [2.24, 2.45) is 5.92 Å². The van der Waals surface area contributed by atoms with Crippen molar-refractivity contribution in [1.82, 2.24) is 4.90 Å². The molecule has 2 heterocycles. The molecule has 9 nitrogen and oxygen atoms in total. The molecule has 1 atom stereocenters. The molecule has 2 N–H and O–H groups in total. The second-order valence-corrected chi connectivity index (χ2v) is 7.82. The molecule has 32 heavy (non-hydrogen) atoms. The highest BCUT2D eigenvalue weighted by molar-refractivity contribution is 5.93. The standard InChI is InChI=1S/C23H27N3O6/c1-30-19-5-3-2-4-18(19)26-10-8-25(9-11-26)14-16(23(28)29)12-22(27)24-17-6-7-20-21(13-17)32-15-31-20/h2-7,13,16H,8-12,14-15H2,1H3,(H,24,27)(H,28,29)/t16-/m0/s1. The fraction of sp³-hybridized carbons (Fsp3) is 0.391. The highest BCUT2D eigenvalue weighted by Gasteiger charge is 2.27. The van der Waals surface area contributed by atoms with Gasteiger partial charge in [0.05, 0.1) is 18.7 Å². The van der Waals surface area contributed by atoms with Crippen LogP contribution < -0.4 is 24.4 Å². The van der Waals surface area contributed by atoms with Crippen molar-refractivity contribution >= 4 is 23.3 Å². The largest absolute Gasteiger partial charge is 0.495 e. The van der Waals surface area contributed by atoms with Crippen molar-refractivity contribution in [1.29, 1.82) is 0 Å². The lowest BCUT2D eigenvalue weighted by atomic mass is 10.0. The van der Waals surface area contributed by atoms with Gasteiger partial charge < -0.3 is 29.5 Å². The van der Waals surface area contributed by atoms with Crippen LogP contribution in [0.4, 0.5) is 11.4 Å². The molecule has 0 unspecified atom stereocenters. The molecule has 1 amide bonds. The molecule has 2 aliphatic heterocycles. The summed E-state index contributed by atoms with van der Waals surface area (Å²) < 4.78 is 16.0. The number of hydrogen-bond donors (Lipinski definition) is 2. The van der Waals surface area contributed by atoms with Crippen molar-refractivity contribution in [2.45, 2.75) is 6.42 Å². The summed E-state index contributed by atoms with van der Waals surface area (Å²) in [5, 5.41) is 12.4. The number of methoxy groups -OCH3 is 1. The van der Waals surface area contributed by atoms with Crippen LogP contribution in [0.3, 0.4) is 0 Å². The van der Waals surface area contributed by atoms with Gasteiger partial charge in [-0.2, -0.15) is 0 Å². The molecule has 9 heteroatoms. The van der Waals surface area contributed by atoms with Crippen molar-refractivity contribution < 1.29 is 28.9 Å². The molecule has 2 aromatic rings. The number of amides is 1. The Labute approximate surface area is 186 Å². The highest BCUT2D eigenvalue weighted by Crippen LogP contribution is 2.34. The summed E-state index contributed by atoms with van der Waals surface area (Å²) in [4.78, 5) is 28.6. The third-order valence-electron chi connectivity index (χ3n) is 5.71. The van der Waals surface area contributed by atoms with Crippen LogP contribution in [0.5, 0.6) is 17.2 Å². The number of anilines is 2. The lowest BCUT2D eigenvalue weighted by molar-refractivity contribution is -0.144. The Kier molecular flexibility index (Phi) is 6.65. The average Bonchev–Trinajstić information content (AvgIpc) is 3.27. The first-order chi connectivity index (χ1) is 15.5. The highest BCUT2D eigenvalue weighted by atomic mass is 16.7. The SMILES string of the molecule is COc1ccccc1N1CCN(C[C@H](CC(=O)Nc2ccc3c(c2)OCO3)C(=O)O)CC1. The lowest BCUT2D eigenvalue weighted by Crippen LogP contribution is -2.49. The second-order valence-electron chi connectivity index (χ2n) is 7.82. The first-order valence-corrected chi connectivity index (χ1v) is 10.6. The maximum absolute atomic E-state index is 12.5. The number of nitrogens with one attached hydrogen (secondary N) is 1. The minimum atomic E-state index is -0.974. The zero-order chi connectivity index (χ0) is 22.5. The number of rotatable bonds is 8. The summed E-state index contributed by atoms with van der Waals surface area (Å²) in [7, 11) is 1.65. The molecule has 0 aromatic heterocycles. The van der Waals surface area contributed by atoms with E-state index in [2.05, 4.69) is 15.1 Å². The first kappa shape index (κ1) is 21.8. The average molecular weight is 441 g/mol. The number of carbonyl (C=O) groups is 2. The van der Waals surface area contributed by atoms with E-state index >= 15 is 0 Å². The van der Waals surface area contributed by atoms with E-state index in [9.17, 15) is 14.7 Å². The molecule has 0 aliphatic carbocycles. The Morgan fingerprint density at radius 2 is 1.84 bits per heavy atom. The summed E-state index contributed by atoms with van der Waals surface area (Å²) >= 11 is 0. The smallest absolute Gasteiger partial charge is 0.308 e. The van der Waals surface area contributed by atoms with Crippen molar-refractivity contribution in [3.05, 3.63) is 42.5 Å². The number of nitrogens with zero attached hydrogens (tertiary/aromatic N) is 2. The van der Waals surface area contributed by atoms with Crippen LogP contribution in [0.1, 0.15) is 6.42 Å².